The fourth-order valence-electron chi connectivity index (χ4n) is 1.41. The van der Waals surface area contributed by atoms with Gasteiger partial charge in [-0.1, -0.05) is 0 Å². The molecular formula is C11H12FN3O. The third-order valence-electron chi connectivity index (χ3n) is 2.22. The smallest absolute Gasteiger partial charge is 0.290 e. The normalized spacial score (nSPS) is 18.9. The fourth-order valence-corrected chi connectivity index (χ4v) is 1.41. The first-order valence-electron chi connectivity index (χ1n) is 5.03. The molecule has 1 aliphatic heterocycles. The number of amidine groups is 1. The minimum absolute atomic E-state index is 0.189. The van der Waals surface area contributed by atoms with E-state index >= 15 is 0 Å². The molecule has 2 rings (SSSR count). The maximum atomic E-state index is 12.6. The van der Waals surface area contributed by atoms with Crippen molar-refractivity contribution in [2.24, 2.45) is 4.99 Å². The zero-order valence-electron chi connectivity index (χ0n) is 8.83. The predicted molar refractivity (Wildman–Crippen MR) is 59.9 cm³/mol. The molecule has 5 heteroatoms. The molecule has 4 nitrogen and oxygen atoms in total. The second-order valence-electron chi connectivity index (χ2n) is 3.70. The summed E-state index contributed by atoms with van der Waals surface area (Å²) in [7, 11) is 0. The lowest BCUT2D eigenvalue weighted by molar-refractivity contribution is -0.110. The lowest BCUT2D eigenvalue weighted by Gasteiger charge is -2.07. The Morgan fingerprint density at radius 2 is 2.19 bits per heavy atom. The first-order chi connectivity index (χ1) is 7.65. The summed E-state index contributed by atoms with van der Waals surface area (Å²) in [5.74, 6) is -0.296. The maximum Gasteiger partial charge on any atom is 0.290 e. The van der Waals surface area contributed by atoms with Crippen LogP contribution in [0.3, 0.4) is 0 Å². The van der Waals surface area contributed by atoms with E-state index in [1.807, 2.05) is 6.92 Å². The van der Waals surface area contributed by atoms with Crippen LogP contribution in [0.2, 0.25) is 0 Å². The minimum atomic E-state index is -0.331. The highest BCUT2D eigenvalue weighted by Crippen LogP contribution is 2.08. The average molecular weight is 221 g/mol. The van der Waals surface area contributed by atoms with Crippen molar-refractivity contribution in [1.29, 1.82) is 0 Å². The van der Waals surface area contributed by atoms with E-state index in [2.05, 4.69) is 15.6 Å². The van der Waals surface area contributed by atoms with Crippen LogP contribution in [0.15, 0.2) is 29.3 Å². The SMILES string of the molecule is CC1CN=C(C(=O)Nc2ccc(F)cc2)N1. The van der Waals surface area contributed by atoms with Crippen molar-refractivity contribution in [3.63, 3.8) is 0 Å². The minimum Gasteiger partial charge on any atom is -0.361 e. The number of carbonyl (C=O) groups excluding carboxylic acids is 1. The van der Waals surface area contributed by atoms with E-state index in [4.69, 9.17) is 0 Å². The van der Waals surface area contributed by atoms with Crippen molar-refractivity contribution < 1.29 is 9.18 Å². The standard InChI is InChI=1S/C11H12FN3O/c1-7-6-13-10(14-7)11(16)15-9-4-2-8(12)3-5-9/h2-5,7H,6H2,1H3,(H,13,14)(H,15,16). The van der Waals surface area contributed by atoms with Gasteiger partial charge in [0, 0.05) is 11.7 Å². The van der Waals surface area contributed by atoms with Crippen molar-refractivity contribution in [3.05, 3.63) is 30.1 Å². The number of nitrogens with one attached hydrogen (secondary N) is 2. The van der Waals surface area contributed by atoms with Crippen molar-refractivity contribution in [2.75, 3.05) is 11.9 Å². The van der Waals surface area contributed by atoms with Crippen molar-refractivity contribution in [1.82, 2.24) is 5.32 Å². The molecule has 1 atom stereocenters. The van der Waals surface area contributed by atoms with Gasteiger partial charge >= 0.3 is 0 Å². The van der Waals surface area contributed by atoms with Gasteiger partial charge in [0.25, 0.3) is 5.91 Å². The first kappa shape index (κ1) is 10.6. The van der Waals surface area contributed by atoms with Gasteiger partial charge in [-0.05, 0) is 31.2 Å². The molecule has 1 aromatic rings. The first-order valence-corrected chi connectivity index (χ1v) is 5.03. The number of carbonyl (C=O) groups is 1. The highest BCUT2D eigenvalue weighted by atomic mass is 19.1. The number of rotatable bonds is 2. The molecule has 1 aliphatic rings. The molecule has 84 valence electrons. The number of amides is 1. The monoisotopic (exact) mass is 221 g/mol. The summed E-state index contributed by atoms with van der Waals surface area (Å²) in [6, 6.07) is 5.79. The summed E-state index contributed by atoms with van der Waals surface area (Å²) in [5.41, 5.74) is 0.551. The van der Waals surface area contributed by atoms with E-state index in [0.717, 1.165) is 0 Å². The van der Waals surface area contributed by atoms with Crippen LogP contribution in [0, 0.1) is 5.82 Å². The lowest BCUT2D eigenvalue weighted by atomic mass is 10.3. The zero-order chi connectivity index (χ0) is 11.5. The number of halogens is 1. The number of hydrogen-bond acceptors (Lipinski definition) is 3. The molecule has 1 aromatic carbocycles. The third-order valence-corrected chi connectivity index (χ3v) is 2.22. The van der Waals surface area contributed by atoms with Gasteiger partial charge in [0.2, 0.25) is 0 Å². The maximum absolute atomic E-state index is 12.6. The van der Waals surface area contributed by atoms with Gasteiger partial charge in [-0.25, -0.2) is 4.39 Å². The van der Waals surface area contributed by atoms with Crippen LogP contribution in [0.5, 0.6) is 0 Å². The zero-order valence-corrected chi connectivity index (χ0v) is 8.83. The molecule has 0 bridgehead atoms. The number of anilines is 1. The van der Waals surface area contributed by atoms with Crippen LogP contribution < -0.4 is 10.6 Å². The van der Waals surface area contributed by atoms with Gasteiger partial charge < -0.3 is 10.6 Å². The molecule has 1 heterocycles. The Kier molecular flexibility index (Phi) is 2.85. The largest absolute Gasteiger partial charge is 0.361 e. The van der Waals surface area contributed by atoms with Crippen LogP contribution in [-0.4, -0.2) is 24.3 Å². The summed E-state index contributed by atoms with van der Waals surface area (Å²) >= 11 is 0. The Labute approximate surface area is 92.6 Å². The topological polar surface area (TPSA) is 53.5 Å². The Bertz CT molecular complexity index is 427. The van der Waals surface area contributed by atoms with Gasteiger partial charge in [0.05, 0.1) is 6.54 Å². The van der Waals surface area contributed by atoms with E-state index in [1.165, 1.54) is 24.3 Å². The van der Waals surface area contributed by atoms with Crippen LogP contribution in [0.25, 0.3) is 0 Å². The molecule has 0 aromatic heterocycles. The van der Waals surface area contributed by atoms with Crippen LogP contribution in [0.4, 0.5) is 10.1 Å². The average Bonchev–Trinajstić information content (AvgIpc) is 2.68. The molecule has 0 fully saturated rings. The second kappa shape index (κ2) is 4.30. The van der Waals surface area contributed by atoms with Crippen molar-refractivity contribution in [3.8, 4) is 0 Å². The molecule has 2 N–H and O–H groups in total. The highest BCUT2D eigenvalue weighted by Gasteiger charge is 2.19. The van der Waals surface area contributed by atoms with E-state index in [9.17, 15) is 9.18 Å². The molecule has 0 radical (unpaired) electrons. The quantitative estimate of drug-likeness (QED) is 0.787. The molecule has 0 saturated heterocycles. The molecular weight excluding hydrogens is 209 g/mol. The number of nitrogens with zero attached hydrogens (tertiary/aromatic N) is 1. The Hall–Kier alpha value is -1.91. The van der Waals surface area contributed by atoms with Gasteiger partial charge in [-0.3, -0.25) is 9.79 Å². The van der Waals surface area contributed by atoms with Gasteiger partial charge in [0.1, 0.15) is 5.82 Å². The summed E-state index contributed by atoms with van der Waals surface area (Å²) in [4.78, 5) is 15.7. The van der Waals surface area contributed by atoms with Crippen molar-refractivity contribution in [2.45, 2.75) is 13.0 Å². The highest BCUT2D eigenvalue weighted by molar-refractivity contribution is 6.42. The molecule has 0 saturated carbocycles. The number of aliphatic imine (C=N–C) groups is 1. The lowest BCUT2D eigenvalue weighted by Crippen LogP contribution is -2.36. The van der Waals surface area contributed by atoms with Crippen LogP contribution in [-0.2, 0) is 4.79 Å². The summed E-state index contributed by atoms with van der Waals surface area (Å²) in [6.07, 6.45) is 0. The second-order valence-corrected chi connectivity index (χ2v) is 3.70. The van der Waals surface area contributed by atoms with Gasteiger partial charge in [-0.2, -0.15) is 0 Å². The van der Waals surface area contributed by atoms with Crippen LogP contribution >= 0.6 is 0 Å². The van der Waals surface area contributed by atoms with E-state index in [-0.39, 0.29) is 17.8 Å². The molecule has 1 amide bonds. The predicted octanol–water partition coefficient (Wildman–Crippen LogP) is 1.15. The number of hydrogen-bond donors (Lipinski definition) is 2. The molecule has 0 spiro atoms. The van der Waals surface area contributed by atoms with E-state index in [0.29, 0.717) is 18.1 Å². The van der Waals surface area contributed by atoms with Crippen molar-refractivity contribution >= 4 is 17.4 Å². The molecule has 16 heavy (non-hydrogen) atoms. The Morgan fingerprint density at radius 1 is 1.50 bits per heavy atom. The molecule has 1 unspecified atom stereocenters. The number of benzene rings is 1. The fraction of sp³-hybridized carbons (Fsp3) is 0.273. The Balaban J connectivity index is 2.00. The summed E-state index contributed by atoms with van der Waals surface area (Å²) in [6.45, 7) is 2.55. The summed E-state index contributed by atoms with van der Waals surface area (Å²) in [5, 5.41) is 5.58. The van der Waals surface area contributed by atoms with Gasteiger partial charge in [-0.15, -0.1) is 0 Å². The van der Waals surface area contributed by atoms with E-state index < -0.39 is 0 Å². The van der Waals surface area contributed by atoms with Gasteiger partial charge in [0.15, 0.2) is 5.84 Å². The third kappa shape index (κ3) is 2.36. The summed E-state index contributed by atoms with van der Waals surface area (Å²) < 4.78 is 12.6. The molecule has 0 aliphatic carbocycles. The van der Waals surface area contributed by atoms with E-state index in [1.54, 1.807) is 0 Å². The van der Waals surface area contributed by atoms with Crippen LogP contribution in [0.1, 0.15) is 6.92 Å². The Morgan fingerprint density at radius 3 is 2.75 bits per heavy atom.